The smallest absolute Gasteiger partial charge is 0.228 e. The van der Waals surface area contributed by atoms with Gasteiger partial charge in [0.2, 0.25) is 5.91 Å². The maximum absolute atomic E-state index is 13.5. The summed E-state index contributed by atoms with van der Waals surface area (Å²) in [7, 11) is 0. The Morgan fingerprint density at radius 3 is 2.88 bits per heavy atom. The molecule has 0 aromatic heterocycles. The number of nitrogens with two attached hydrogens (primary N) is 1. The van der Waals surface area contributed by atoms with E-state index in [-0.39, 0.29) is 30.1 Å². The van der Waals surface area contributed by atoms with Crippen LogP contribution in [0.5, 0.6) is 0 Å². The standard InChI is InChI=1S/C13H17FN2O/c1-3-7(2)12(15)10-6-9(14)4-8-5-11(17)16-13(8)10/h4,6-7,12H,3,5,15H2,1-2H3,(H,16,17). The van der Waals surface area contributed by atoms with E-state index in [4.69, 9.17) is 5.73 Å². The lowest BCUT2D eigenvalue weighted by atomic mass is 9.91. The summed E-state index contributed by atoms with van der Waals surface area (Å²) in [6.45, 7) is 4.07. The molecule has 1 heterocycles. The van der Waals surface area contributed by atoms with Crippen LogP contribution in [0.2, 0.25) is 0 Å². The predicted octanol–water partition coefficient (Wildman–Crippen LogP) is 2.37. The molecule has 0 radical (unpaired) electrons. The van der Waals surface area contributed by atoms with Gasteiger partial charge in [0.1, 0.15) is 5.82 Å². The number of nitrogens with one attached hydrogen (secondary N) is 1. The third-order valence-electron chi connectivity index (χ3n) is 3.45. The third kappa shape index (κ3) is 2.17. The molecule has 92 valence electrons. The zero-order valence-corrected chi connectivity index (χ0v) is 10.1. The number of anilines is 1. The van der Waals surface area contributed by atoms with Crippen LogP contribution in [-0.4, -0.2) is 5.91 Å². The van der Waals surface area contributed by atoms with Crippen LogP contribution in [-0.2, 0) is 11.2 Å². The monoisotopic (exact) mass is 236 g/mol. The maximum atomic E-state index is 13.5. The number of benzene rings is 1. The summed E-state index contributed by atoms with van der Waals surface area (Å²) in [4.78, 5) is 11.4. The van der Waals surface area contributed by atoms with Crippen LogP contribution >= 0.6 is 0 Å². The topological polar surface area (TPSA) is 55.1 Å². The van der Waals surface area contributed by atoms with Crippen molar-refractivity contribution >= 4 is 11.6 Å². The number of amides is 1. The van der Waals surface area contributed by atoms with Crippen molar-refractivity contribution in [2.45, 2.75) is 32.7 Å². The van der Waals surface area contributed by atoms with E-state index in [2.05, 4.69) is 5.32 Å². The minimum atomic E-state index is -0.325. The first-order valence-electron chi connectivity index (χ1n) is 5.90. The van der Waals surface area contributed by atoms with Crippen molar-refractivity contribution < 1.29 is 9.18 Å². The quantitative estimate of drug-likeness (QED) is 0.846. The van der Waals surface area contributed by atoms with Gasteiger partial charge in [-0.05, 0) is 29.2 Å². The van der Waals surface area contributed by atoms with Crippen LogP contribution in [0.3, 0.4) is 0 Å². The number of hydrogen-bond acceptors (Lipinski definition) is 2. The largest absolute Gasteiger partial charge is 0.325 e. The molecule has 2 atom stereocenters. The molecule has 4 heteroatoms. The normalized spacial score (nSPS) is 17.5. The van der Waals surface area contributed by atoms with Gasteiger partial charge in [-0.25, -0.2) is 4.39 Å². The highest BCUT2D eigenvalue weighted by molar-refractivity contribution is 6.00. The van der Waals surface area contributed by atoms with Crippen LogP contribution in [0.1, 0.15) is 37.4 Å². The predicted molar refractivity (Wildman–Crippen MR) is 65.1 cm³/mol. The number of halogens is 1. The molecular weight excluding hydrogens is 219 g/mol. The van der Waals surface area contributed by atoms with Crippen LogP contribution in [0.15, 0.2) is 12.1 Å². The van der Waals surface area contributed by atoms with Gasteiger partial charge >= 0.3 is 0 Å². The summed E-state index contributed by atoms with van der Waals surface area (Å²) in [5.41, 5.74) is 8.25. The second-order valence-corrected chi connectivity index (χ2v) is 4.67. The van der Waals surface area contributed by atoms with Gasteiger partial charge in [-0.3, -0.25) is 4.79 Å². The first-order chi connectivity index (χ1) is 8.02. The molecule has 1 aromatic carbocycles. The van der Waals surface area contributed by atoms with E-state index in [1.807, 2.05) is 13.8 Å². The summed E-state index contributed by atoms with van der Waals surface area (Å²) in [6, 6.07) is 2.59. The highest BCUT2D eigenvalue weighted by Crippen LogP contribution is 2.34. The van der Waals surface area contributed by atoms with Crippen molar-refractivity contribution in [3.63, 3.8) is 0 Å². The van der Waals surface area contributed by atoms with Crippen molar-refractivity contribution in [2.75, 3.05) is 5.32 Å². The number of carbonyl (C=O) groups is 1. The Morgan fingerprint density at radius 2 is 2.24 bits per heavy atom. The molecule has 0 saturated heterocycles. The summed E-state index contributed by atoms with van der Waals surface area (Å²) in [6.07, 6.45) is 1.16. The first-order valence-corrected chi connectivity index (χ1v) is 5.90. The summed E-state index contributed by atoms with van der Waals surface area (Å²) >= 11 is 0. The van der Waals surface area contributed by atoms with Crippen LogP contribution in [0.25, 0.3) is 0 Å². The lowest BCUT2D eigenvalue weighted by molar-refractivity contribution is -0.115. The van der Waals surface area contributed by atoms with E-state index >= 15 is 0 Å². The molecule has 0 saturated carbocycles. The zero-order chi connectivity index (χ0) is 12.6. The molecule has 1 aromatic rings. The first kappa shape index (κ1) is 12.0. The summed E-state index contributed by atoms with van der Waals surface area (Å²) in [5.74, 6) is -0.171. The van der Waals surface area contributed by atoms with Crippen molar-refractivity contribution in [1.29, 1.82) is 0 Å². The number of carbonyl (C=O) groups excluding carboxylic acids is 1. The van der Waals surface area contributed by atoms with Gasteiger partial charge in [0, 0.05) is 11.7 Å². The molecule has 3 N–H and O–H groups in total. The van der Waals surface area contributed by atoms with Gasteiger partial charge in [-0.2, -0.15) is 0 Å². The SMILES string of the molecule is CCC(C)C(N)c1cc(F)cc2c1NC(=O)C2. The van der Waals surface area contributed by atoms with E-state index in [0.717, 1.165) is 6.42 Å². The van der Waals surface area contributed by atoms with Gasteiger partial charge in [0.05, 0.1) is 6.42 Å². The van der Waals surface area contributed by atoms with Gasteiger partial charge in [-0.15, -0.1) is 0 Å². The Labute approximate surface area is 100 Å². The number of hydrogen-bond donors (Lipinski definition) is 2. The minimum absolute atomic E-state index is 0.0943. The minimum Gasteiger partial charge on any atom is -0.325 e. The summed E-state index contributed by atoms with van der Waals surface area (Å²) < 4.78 is 13.5. The molecule has 0 aliphatic carbocycles. The molecule has 1 aliphatic rings. The second-order valence-electron chi connectivity index (χ2n) is 4.67. The second kappa shape index (κ2) is 4.45. The van der Waals surface area contributed by atoms with E-state index < -0.39 is 0 Å². The zero-order valence-electron chi connectivity index (χ0n) is 10.1. The molecule has 1 aliphatic heterocycles. The van der Waals surface area contributed by atoms with Crippen LogP contribution < -0.4 is 11.1 Å². The van der Waals surface area contributed by atoms with Gasteiger partial charge < -0.3 is 11.1 Å². The molecule has 2 unspecified atom stereocenters. The summed E-state index contributed by atoms with van der Waals surface area (Å²) in [5, 5.41) is 2.77. The lowest BCUT2D eigenvalue weighted by Crippen LogP contribution is -2.20. The molecule has 2 rings (SSSR count). The molecular formula is C13H17FN2O. The maximum Gasteiger partial charge on any atom is 0.228 e. The highest BCUT2D eigenvalue weighted by Gasteiger charge is 2.26. The van der Waals surface area contributed by atoms with E-state index in [1.165, 1.54) is 12.1 Å². The molecule has 17 heavy (non-hydrogen) atoms. The molecule has 0 spiro atoms. The fourth-order valence-electron chi connectivity index (χ4n) is 2.16. The molecule has 1 amide bonds. The van der Waals surface area contributed by atoms with Gasteiger partial charge in [-0.1, -0.05) is 20.3 Å². The Morgan fingerprint density at radius 1 is 1.53 bits per heavy atom. The lowest BCUT2D eigenvalue weighted by Gasteiger charge is -2.21. The Kier molecular flexibility index (Phi) is 3.15. The fourth-order valence-corrected chi connectivity index (χ4v) is 2.16. The van der Waals surface area contributed by atoms with E-state index in [0.29, 0.717) is 16.8 Å². The van der Waals surface area contributed by atoms with Crippen molar-refractivity contribution in [2.24, 2.45) is 11.7 Å². The average Bonchev–Trinajstić information content (AvgIpc) is 2.66. The average molecular weight is 236 g/mol. The molecule has 0 fully saturated rings. The van der Waals surface area contributed by atoms with Crippen molar-refractivity contribution in [3.05, 3.63) is 29.1 Å². The van der Waals surface area contributed by atoms with Crippen molar-refractivity contribution in [1.82, 2.24) is 0 Å². The third-order valence-corrected chi connectivity index (χ3v) is 3.45. The Hall–Kier alpha value is -1.42. The van der Waals surface area contributed by atoms with Crippen LogP contribution in [0, 0.1) is 11.7 Å². The van der Waals surface area contributed by atoms with Gasteiger partial charge in [0.15, 0.2) is 0 Å². The van der Waals surface area contributed by atoms with E-state index in [9.17, 15) is 9.18 Å². The molecule has 3 nitrogen and oxygen atoms in total. The molecule has 0 bridgehead atoms. The number of fused-ring (bicyclic) bond motifs is 1. The fraction of sp³-hybridized carbons (Fsp3) is 0.462. The van der Waals surface area contributed by atoms with Crippen LogP contribution in [0.4, 0.5) is 10.1 Å². The van der Waals surface area contributed by atoms with E-state index in [1.54, 1.807) is 0 Å². The van der Waals surface area contributed by atoms with Crippen molar-refractivity contribution in [3.8, 4) is 0 Å². The highest BCUT2D eigenvalue weighted by atomic mass is 19.1. The number of rotatable bonds is 3. The Bertz CT molecular complexity index is 459. The van der Waals surface area contributed by atoms with Gasteiger partial charge in [0.25, 0.3) is 0 Å². The Balaban J connectivity index is 2.44.